The van der Waals surface area contributed by atoms with Crippen molar-refractivity contribution in [1.82, 2.24) is 4.98 Å². The number of methoxy groups -OCH3 is 4. The van der Waals surface area contributed by atoms with Crippen LogP contribution in [0.5, 0.6) is 23.0 Å². The van der Waals surface area contributed by atoms with Gasteiger partial charge >= 0.3 is 5.97 Å². The lowest BCUT2D eigenvalue weighted by Crippen LogP contribution is -2.53. The summed E-state index contributed by atoms with van der Waals surface area (Å²) in [6, 6.07) is 7.96. The van der Waals surface area contributed by atoms with Crippen molar-refractivity contribution in [3.05, 3.63) is 68.2 Å². The number of aromatic nitrogens is 1. The first-order valence-corrected chi connectivity index (χ1v) is 13.3. The average molecular weight is 598 g/mol. The van der Waals surface area contributed by atoms with E-state index in [0.29, 0.717) is 16.7 Å². The molecule has 0 radical (unpaired) electrons. The van der Waals surface area contributed by atoms with Gasteiger partial charge in [-0.3, -0.25) is 19.2 Å². The molecule has 0 saturated heterocycles. The molecule has 0 bridgehead atoms. The Hall–Kier alpha value is -4.51. The number of fused-ring (bicyclic) bond motifs is 2. The molecule has 1 aromatic heterocycles. The second-order valence-electron chi connectivity index (χ2n) is 10.1. The van der Waals surface area contributed by atoms with Crippen molar-refractivity contribution in [1.29, 1.82) is 0 Å². The Morgan fingerprint density at radius 2 is 1.81 bits per heavy atom. The lowest BCUT2D eigenvalue weighted by Gasteiger charge is -2.38. The van der Waals surface area contributed by atoms with Crippen LogP contribution in [-0.2, 0) is 14.3 Å². The summed E-state index contributed by atoms with van der Waals surface area (Å²) >= 11 is 6.52. The van der Waals surface area contributed by atoms with Crippen molar-refractivity contribution in [3.8, 4) is 23.0 Å². The summed E-state index contributed by atoms with van der Waals surface area (Å²) in [7, 11) is 5.39. The van der Waals surface area contributed by atoms with Gasteiger partial charge < -0.3 is 33.8 Å². The Labute approximate surface area is 244 Å². The summed E-state index contributed by atoms with van der Waals surface area (Å²) in [5, 5.41) is 12.4. The van der Waals surface area contributed by atoms with E-state index < -0.39 is 52.7 Å². The summed E-state index contributed by atoms with van der Waals surface area (Å²) in [5.41, 5.74) is -2.56. The molecule has 0 unspecified atom stereocenters. The van der Waals surface area contributed by atoms with Crippen molar-refractivity contribution in [3.63, 3.8) is 0 Å². The van der Waals surface area contributed by atoms with E-state index in [9.17, 15) is 24.3 Å². The summed E-state index contributed by atoms with van der Waals surface area (Å²) in [4.78, 5) is 56.5. The van der Waals surface area contributed by atoms with Crippen molar-refractivity contribution in [2.75, 3.05) is 28.4 Å². The number of aromatic amines is 1. The number of esters is 1. The second-order valence-corrected chi connectivity index (χ2v) is 10.5. The number of aliphatic hydroxyl groups is 1. The van der Waals surface area contributed by atoms with Gasteiger partial charge in [-0.15, -0.1) is 0 Å². The highest BCUT2D eigenvalue weighted by molar-refractivity contribution is 6.35. The lowest BCUT2D eigenvalue weighted by molar-refractivity contribution is -0.140. The molecule has 42 heavy (non-hydrogen) atoms. The van der Waals surface area contributed by atoms with Crippen LogP contribution >= 0.6 is 11.6 Å². The molecule has 0 saturated carbocycles. The van der Waals surface area contributed by atoms with E-state index in [-0.39, 0.29) is 45.4 Å². The van der Waals surface area contributed by atoms with Crippen molar-refractivity contribution >= 4 is 40.0 Å². The molecule has 220 valence electrons. The molecule has 2 N–H and O–H groups in total. The number of H-pyrrole nitrogens is 1. The summed E-state index contributed by atoms with van der Waals surface area (Å²) in [5.74, 6) is -4.15. The minimum absolute atomic E-state index is 0.0120. The molecule has 0 fully saturated rings. The SMILES string of the molecule is COC(=O)C[C@@H](C1=C(O)[C@@]2(Oc3c(Cl)c(OC)cc(OC)c3C2=O)[C@H](C)CC1=O)c1cc2ccc(OC)cc2[nH]c1=O. The van der Waals surface area contributed by atoms with E-state index in [1.165, 1.54) is 40.6 Å². The number of hydrogen-bond donors (Lipinski definition) is 2. The number of benzene rings is 2. The number of nitrogens with one attached hydrogen (secondary N) is 1. The Bertz CT molecular complexity index is 1740. The monoisotopic (exact) mass is 597 g/mol. The molecule has 0 amide bonds. The van der Waals surface area contributed by atoms with Crippen LogP contribution in [0.1, 0.15) is 41.6 Å². The molecule has 5 rings (SSSR count). The van der Waals surface area contributed by atoms with Gasteiger partial charge in [-0.2, -0.15) is 0 Å². The van der Waals surface area contributed by atoms with Gasteiger partial charge in [0.2, 0.25) is 11.4 Å². The van der Waals surface area contributed by atoms with Crippen LogP contribution in [-0.4, -0.2) is 61.7 Å². The third kappa shape index (κ3) is 4.27. The number of carbonyl (C=O) groups excluding carboxylic acids is 3. The van der Waals surface area contributed by atoms with Gasteiger partial charge in [0, 0.05) is 41.5 Å². The third-order valence-corrected chi connectivity index (χ3v) is 8.27. The van der Waals surface area contributed by atoms with E-state index >= 15 is 0 Å². The number of hydrogen-bond acceptors (Lipinski definition) is 10. The van der Waals surface area contributed by atoms with Gasteiger partial charge in [0.05, 0.1) is 40.4 Å². The highest BCUT2D eigenvalue weighted by Crippen LogP contribution is 2.55. The number of carbonyl (C=O) groups is 3. The standard InChI is InChI=1S/C30H28ClNO10/c1-13-8-19(33)23(27(35)30(13)28(36)24-20(39-3)12-21(40-4)25(31)26(24)42-30)16(11-22(34)41-5)17-9-14-6-7-15(38-2)10-18(14)32-29(17)37/h6-7,9-10,12-13,16,35H,8,11H2,1-5H3,(H,32,37)/t13-,16-,30+/m1/s1. The van der Waals surface area contributed by atoms with E-state index in [0.717, 1.165) is 0 Å². The molecule has 2 heterocycles. The van der Waals surface area contributed by atoms with E-state index in [2.05, 4.69) is 4.98 Å². The van der Waals surface area contributed by atoms with Crippen molar-refractivity contribution < 1.29 is 43.2 Å². The zero-order valence-corrected chi connectivity index (χ0v) is 24.2. The molecule has 11 nitrogen and oxygen atoms in total. The number of Topliss-reactive ketones (excluding diaryl/α,β-unsaturated/α-hetero) is 2. The molecule has 12 heteroatoms. The topological polar surface area (TPSA) is 150 Å². The molecule has 2 aliphatic rings. The quantitative estimate of drug-likeness (QED) is 0.377. The minimum atomic E-state index is -2.08. The van der Waals surface area contributed by atoms with E-state index in [1.807, 2.05) is 0 Å². The Kier molecular flexibility index (Phi) is 7.40. The number of halogens is 1. The molecular formula is C30H28ClNO10. The Morgan fingerprint density at radius 3 is 2.45 bits per heavy atom. The van der Waals surface area contributed by atoms with Crippen LogP contribution in [0, 0.1) is 5.92 Å². The first-order chi connectivity index (χ1) is 20.0. The number of aliphatic hydroxyl groups excluding tert-OH is 1. The van der Waals surface area contributed by atoms with Gasteiger partial charge in [-0.25, -0.2) is 0 Å². The zero-order chi connectivity index (χ0) is 30.5. The normalized spacial score (nSPS) is 20.4. The predicted molar refractivity (Wildman–Crippen MR) is 151 cm³/mol. The Morgan fingerprint density at radius 1 is 1.10 bits per heavy atom. The van der Waals surface area contributed by atoms with Crippen LogP contribution in [0.3, 0.4) is 0 Å². The molecule has 3 atom stereocenters. The number of ether oxygens (including phenoxy) is 5. The summed E-state index contributed by atoms with van der Waals surface area (Å²) in [6.07, 6.45) is -0.716. The maximum absolute atomic E-state index is 14.1. The fourth-order valence-corrected chi connectivity index (χ4v) is 6.00. The van der Waals surface area contributed by atoms with Gasteiger partial charge in [0.1, 0.15) is 27.8 Å². The smallest absolute Gasteiger partial charge is 0.306 e. The molecule has 1 aliphatic heterocycles. The van der Waals surface area contributed by atoms with Gasteiger partial charge in [-0.1, -0.05) is 18.5 Å². The first kappa shape index (κ1) is 29.0. The van der Waals surface area contributed by atoms with Gasteiger partial charge in [0.25, 0.3) is 5.56 Å². The van der Waals surface area contributed by atoms with Crippen molar-refractivity contribution in [2.24, 2.45) is 5.92 Å². The number of allylic oxidation sites excluding steroid dienone is 1. The van der Waals surface area contributed by atoms with E-state index in [4.69, 9.17) is 35.3 Å². The highest BCUT2D eigenvalue weighted by Gasteiger charge is 2.61. The third-order valence-electron chi connectivity index (χ3n) is 7.92. The zero-order valence-electron chi connectivity index (χ0n) is 23.5. The Balaban J connectivity index is 1.75. The first-order valence-electron chi connectivity index (χ1n) is 12.9. The van der Waals surface area contributed by atoms with Crippen LogP contribution < -0.4 is 24.5 Å². The molecule has 2 aromatic carbocycles. The molecule has 3 aromatic rings. The van der Waals surface area contributed by atoms with Crippen LogP contribution in [0.4, 0.5) is 0 Å². The largest absolute Gasteiger partial charge is 0.507 e. The maximum Gasteiger partial charge on any atom is 0.306 e. The van der Waals surface area contributed by atoms with E-state index in [1.54, 1.807) is 25.1 Å². The van der Waals surface area contributed by atoms with Gasteiger partial charge in [0.15, 0.2) is 17.3 Å². The minimum Gasteiger partial charge on any atom is -0.507 e. The van der Waals surface area contributed by atoms with Crippen LogP contribution in [0.25, 0.3) is 10.9 Å². The fourth-order valence-electron chi connectivity index (χ4n) is 5.74. The molecule has 1 aliphatic carbocycles. The molecular weight excluding hydrogens is 570 g/mol. The van der Waals surface area contributed by atoms with Crippen LogP contribution in [0.2, 0.25) is 5.02 Å². The number of ketones is 2. The van der Waals surface area contributed by atoms with Crippen molar-refractivity contribution in [2.45, 2.75) is 31.3 Å². The summed E-state index contributed by atoms with van der Waals surface area (Å²) < 4.78 is 27.0. The molecule has 1 spiro atoms. The summed E-state index contributed by atoms with van der Waals surface area (Å²) in [6.45, 7) is 1.58. The highest BCUT2D eigenvalue weighted by atomic mass is 35.5. The fraction of sp³-hybridized carbons (Fsp3) is 0.333. The predicted octanol–water partition coefficient (Wildman–Crippen LogP) is 4.29. The maximum atomic E-state index is 14.1. The number of rotatable bonds is 7. The average Bonchev–Trinajstić information content (AvgIpc) is 3.29. The van der Waals surface area contributed by atoms with Gasteiger partial charge in [-0.05, 0) is 23.6 Å². The second kappa shape index (κ2) is 10.7. The number of pyridine rings is 1. The van der Waals surface area contributed by atoms with Crippen LogP contribution in [0.15, 0.2) is 46.5 Å². The lowest BCUT2D eigenvalue weighted by atomic mass is 9.69.